The fourth-order valence-electron chi connectivity index (χ4n) is 2.97. The summed E-state index contributed by atoms with van der Waals surface area (Å²) in [5.41, 5.74) is 2.70. The zero-order valence-corrected chi connectivity index (χ0v) is 11.9. The van der Waals surface area contributed by atoms with Crippen molar-refractivity contribution in [3.05, 3.63) is 65.2 Å². The molecule has 1 N–H and O–H groups in total. The predicted molar refractivity (Wildman–Crippen MR) is 80.3 cm³/mol. The second-order valence-corrected chi connectivity index (χ2v) is 5.32. The predicted octanol–water partition coefficient (Wildman–Crippen LogP) is 3.64. The van der Waals surface area contributed by atoms with Gasteiger partial charge in [0.15, 0.2) is 11.6 Å². The van der Waals surface area contributed by atoms with E-state index < -0.39 is 11.6 Å². The Bertz CT molecular complexity index is 642. The highest BCUT2D eigenvalue weighted by atomic mass is 19.2. The number of hydrogen-bond acceptors (Lipinski definition) is 2. The molecular formula is C17H18F2N2. The monoisotopic (exact) mass is 288 g/mol. The van der Waals surface area contributed by atoms with Gasteiger partial charge in [-0.15, -0.1) is 0 Å². The van der Waals surface area contributed by atoms with Crippen molar-refractivity contribution >= 4 is 5.69 Å². The fourth-order valence-corrected chi connectivity index (χ4v) is 2.97. The molecule has 0 spiro atoms. The SMILES string of the molecule is CNC1CCN(Cc2cccc(F)c2F)c2ccccc21. The number of benzene rings is 2. The smallest absolute Gasteiger partial charge is 0.163 e. The van der Waals surface area contributed by atoms with E-state index in [1.54, 1.807) is 12.1 Å². The average molecular weight is 288 g/mol. The summed E-state index contributed by atoms with van der Waals surface area (Å²) < 4.78 is 27.2. The van der Waals surface area contributed by atoms with Gasteiger partial charge in [0.2, 0.25) is 0 Å². The minimum absolute atomic E-state index is 0.315. The molecule has 2 aromatic rings. The van der Waals surface area contributed by atoms with Gasteiger partial charge in [-0.2, -0.15) is 0 Å². The molecule has 0 saturated heterocycles. The first-order valence-electron chi connectivity index (χ1n) is 7.14. The number of fused-ring (bicyclic) bond motifs is 1. The van der Waals surface area contributed by atoms with Crippen molar-refractivity contribution in [1.29, 1.82) is 0 Å². The third-order valence-corrected chi connectivity index (χ3v) is 4.08. The van der Waals surface area contributed by atoms with Gasteiger partial charge in [-0.1, -0.05) is 30.3 Å². The van der Waals surface area contributed by atoms with Crippen LogP contribution in [0.5, 0.6) is 0 Å². The maximum atomic E-state index is 13.9. The zero-order chi connectivity index (χ0) is 14.8. The van der Waals surface area contributed by atoms with Gasteiger partial charge < -0.3 is 10.2 Å². The lowest BCUT2D eigenvalue weighted by molar-refractivity contribution is 0.488. The Morgan fingerprint density at radius 2 is 1.95 bits per heavy atom. The van der Waals surface area contributed by atoms with Crippen LogP contribution in [-0.4, -0.2) is 13.6 Å². The van der Waals surface area contributed by atoms with Crippen LogP contribution in [-0.2, 0) is 6.54 Å². The third kappa shape index (κ3) is 2.63. The fraction of sp³-hybridized carbons (Fsp3) is 0.294. The Balaban J connectivity index is 1.92. The molecule has 3 rings (SSSR count). The number of para-hydroxylation sites is 1. The van der Waals surface area contributed by atoms with E-state index in [0.717, 1.165) is 24.7 Å². The molecular weight excluding hydrogens is 270 g/mol. The molecule has 0 amide bonds. The Labute approximate surface area is 123 Å². The van der Waals surface area contributed by atoms with Gasteiger partial charge in [0, 0.05) is 30.4 Å². The second-order valence-electron chi connectivity index (χ2n) is 5.32. The van der Waals surface area contributed by atoms with Crippen molar-refractivity contribution in [3.8, 4) is 0 Å². The first-order valence-corrected chi connectivity index (χ1v) is 7.14. The zero-order valence-electron chi connectivity index (χ0n) is 11.9. The molecule has 1 atom stereocenters. The number of nitrogens with zero attached hydrogens (tertiary/aromatic N) is 1. The van der Waals surface area contributed by atoms with Crippen LogP contribution in [0.4, 0.5) is 14.5 Å². The number of anilines is 1. The van der Waals surface area contributed by atoms with Crippen LogP contribution in [0, 0.1) is 11.6 Å². The van der Waals surface area contributed by atoms with Crippen molar-refractivity contribution < 1.29 is 8.78 Å². The topological polar surface area (TPSA) is 15.3 Å². The molecule has 0 bridgehead atoms. The van der Waals surface area contributed by atoms with E-state index in [0.29, 0.717) is 18.2 Å². The highest BCUT2D eigenvalue weighted by Crippen LogP contribution is 2.34. The number of halogens is 2. The van der Waals surface area contributed by atoms with Gasteiger partial charge >= 0.3 is 0 Å². The van der Waals surface area contributed by atoms with Crippen molar-refractivity contribution in [2.75, 3.05) is 18.5 Å². The summed E-state index contributed by atoms with van der Waals surface area (Å²) in [6.07, 6.45) is 0.949. The second kappa shape index (κ2) is 5.82. The molecule has 1 aliphatic rings. The lowest BCUT2D eigenvalue weighted by Crippen LogP contribution is -2.34. The van der Waals surface area contributed by atoms with Crippen molar-refractivity contribution in [2.45, 2.75) is 19.0 Å². The van der Waals surface area contributed by atoms with Crippen molar-refractivity contribution in [2.24, 2.45) is 0 Å². The van der Waals surface area contributed by atoms with Gasteiger partial charge in [0.05, 0.1) is 0 Å². The summed E-state index contributed by atoms with van der Waals surface area (Å²) in [5.74, 6) is -1.53. The molecule has 1 aliphatic heterocycles. The normalized spacial score (nSPS) is 17.7. The molecule has 0 aromatic heterocycles. The first kappa shape index (κ1) is 14.0. The Morgan fingerprint density at radius 1 is 1.14 bits per heavy atom. The molecule has 1 heterocycles. The number of rotatable bonds is 3. The van der Waals surface area contributed by atoms with E-state index in [1.165, 1.54) is 5.56 Å². The van der Waals surface area contributed by atoms with E-state index in [-0.39, 0.29) is 0 Å². The molecule has 2 aromatic carbocycles. The molecule has 1 unspecified atom stereocenters. The molecule has 0 aliphatic carbocycles. The van der Waals surface area contributed by atoms with Crippen LogP contribution < -0.4 is 10.2 Å². The minimum atomic E-state index is -0.786. The van der Waals surface area contributed by atoms with Crippen LogP contribution in [0.2, 0.25) is 0 Å². The van der Waals surface area contributed by atoms with Gasteiger partial charge in [-0.25, -0.2) is 8.78 Å². The average Bonchev–Trinajstić information content (AvgIpc) is 2.52. The van der Waals surface area contributed by atoms with E-state index in [2.05, 4.69) is 16.3 Å². The summed E-state index contributed by atoms with van der Waals surface area (Å²) in [7, 11) is 1.95. The lowest BCUT2D eigenvalue weighted by atomic mass is 9.96. The summed E-state index contributed by atoms with van der Waals surface area (Å²) in [4.78, 5) is 2.11. The molecule has 0 radical (unpaired) electrons. The maximum Gasteiger partial charge on any atom is 0.163 e. The van der Waals surface area contributed by atoms with Crippen molar-refractivity contribution in [1.82, 2.24) is 5.32 Å². The van der Waals surface area contributed by atoms with Gasteiger partial charge in [0.1, 0.15) is 0 Å². The molecule has 2 nitrogen and oxygen atoms in total. The number of hydrogen-bond donors (Lipinski definition) is 1. The maximum absolute atomic E-state index is 13.9. The highest BCUT2D eigenvalue weighted by Gasteiger charge is 2.24. The van der Waals surface area contributed by atoms with E-state index in [9.17, 15) is 8.78 Å². The minimum Gasteiger partial charge on any atom is -0.367 e. The van der Waals surface area contributed by atoms with Crippen LogP contribution in [0.15, 0.2) is 42.5 Å². The van der Waals surface area contributed by atoms with Gasteiger partial charge in [-0.05, 0) is 31.2 Å². The molecule has 0 fully saturated rings. The summed E-state index contributed by atoms with van der Waals surface area (Å²) in [6.45, 7) is 1.20. The van der Waals surface area contributed by atoms with Crippen LogP contribution in [0.1, 0.15) is 23.6 Å². The standard InChI is InChI=1S/C17H18F2N2/c1-20-15-9-10-21(16-8-3-2-6-13(15)16)11-12-5-4-7-14(18)17(12)19/h2-8,15,20H,9-11H2,1H3. The Kier molecular flexibility index (Phi) is 3.88. The van der Waals surface area contributed by atoms with Crippen molar-refractivity contribution in [3.63, 3.8) is 0 Å². The number of nitrogens with one attached hydrogen (secondary N) is 1. The summed E-state index contributed by atoms with van der Waals surface area (Å²) >= 11 is 0. The first-order chi connectivity index (χ1) is 10.2. The Morgan fingerprint density at radius 3 is 2.76 bits per heavy atom. The lowest BCUT2D eigenvalue weighted by Gasteiger charge is -2.35. The quantitative estimate of drug-likeness (QED) is 0.927. The third-order valence-electron chi connectivity index (χ3n) is 4.08. The summed E-state index contributed by atoms with van der Waals surface area (Å²) in [5, 5.41) is 3.30. The molecule has 4 heteroatoms. The highest BCUT2D eigenvalue weighted by molar-refractivity contribution is 5.57. The van der Waals surface area contributed by atoms with E-state index in [1.807, 2.05) is 25.2 Å². The largest absolute Gasteiger partial charge is 0.367 e. The molecule has 0 saturated carbocycles. The Hall–Kier alpha value is -1.94. The van der Waals surface area contributed by atoms with Gasteiger partial charge in [0.25, 0.3) is 0 Å². The van der Waals surface area contributed by atoms with Crippen LogP contribution in [0.25, 0.3) is 0 Å². The molecule has 110 valence electrons. The van der Waals surface area contributed by atoms with Gasteiger partial charge in [-0.3, -0.25) is 0 Å². The molecule has 21 heavy (non-hydrogen) atoms. The van der Waals surface area contributed by atoms with Crippen LogP contribution >= 0.6 is 0 Å². The summed E-state index contributed by atoms with van der Waals surface area (Å²) in [6, 6.07) is 12.8. The van der Waals surface area contributed by atoms with Crippen LogP contribution in [0.3, 0.4) is 0 Å². The van der Waals surface area contributed by atoms with E-state index in [4.69, 9.17) is 0 Å². The van der Waals surface area contributed by atoms with E-state index >= 15 is 0 Å².